The van der Waals surface area contributed by atoms with E-state index < -0.39 is 27.5 Å². The molecule has 0 amide bonds. The molecule has 0 radical (unpaired) electrons. The molecule has 1 rings (SSSR count). The fourth-order valence-corrected chi connectivity index (χ4v) is 3.96. The molecule has 1 aromatic carbocycles. The molecule has 0 atom stereocenters. The predicted octanol–water partition coefficient (Wildman–Crippen LogP) is 2.68. The summed E-state index contributed by atoms with van der Waals surface area (Å²) in [5.74, 6) is -0.492. The van der Waals surface area contributed by atoms with Crippen molar-refractivity contribution >= 4 is 21.8 Å². The SMILES string of the molecule is CSCN(CC#N)S(=O)(=O)Cc1cccc(C(F)(F)F)c1. The summed E-state index contributed by atoms with van der Waals surface area (Å²) in [6, 6.07) is 5.90. The first-order valence-corrected chi connectivity index (χ1v) is 8.71. The van der Waals surface area contributed by atoms with Crippen molar-refractivity contribution in [3.05, 3.63) is 35.4 Å². The summed E-state index contributed by atoms with van der Waals surface area (Å²) in [5, 5.41) is 8.63. The third-order valence-electron chi connectivity index (χ3n) is 2.52. The molecule has 0 saturated heterocycles. The van der Waals surface area contributed by atoms with E-state index in [0.29, 0.717) is 0 Å². The van der Waals surface area contributed by atoms with Gasteiger partial charge in [0.05, 0.1) is 23.3 Å². The van der Waals surface area contributed by atoms with E-state index in [-0.39, 0.29) is 18.0 Å². The Bertz CT molecular complexity index is 624. The summed E-state index contributed by atoms with van der Waals surface area (Å²) < 4.78 is 63.0. The molecule has 4 nitrogen and oxygen atoms in total. The van der Waals surface area contributed by atoms with Crippen molar-refractivity contribution in [1.29, 1.82) is 5.26 Å². The first-order valence-electron chi connectivity index (χ1n) is 5.70. The number of sulfonamides is 1. The van der Waals surface area contributed by atoms with Crippen LogP contribution in [0.4, 0.5) is 13.2 Å². The molecule has 0 unspecified atom stereocenters. The zero-order valence-electron chi connectivity index (χ0n) is 11.1. The molecule has 0 aliphatic carbocycles. The minimum absolute atomic E-state index is 0.0360. The van der Waals surface area contributed by atoms with Crippen LogP contribution in [0.5, 0.6) is 0 Å². The van der Waals surface area contributed by atoms with Gasteiger partial charge in [0.15, 0.2) is 0 Å². The van der Waals surface area contributed by atoms with Gasteiger partial charge in [0.2, 0.25) is 10.0 Å². The van der Waals surface area contributed by atoms with Gasteiger partial charge < -0.3 is 0 Å². The van der Waals surface area contributed by atoms with Gasteiger partial charge in [0, 0.05) is 0 Å². The predicted molar refractivity (Wildman–Crippen MR) is 74.8 cm³/mol. The number of hydrogen-bond donors (Lipinski definition) is 0. The van der Waals surface area contributed by atoms with Crippen molar-refractivity contribution in [3.63, 3.8) is 0 Å². The number of benzene rings is 1. The minimum atomic E-state index is -4.52. The largest absolute Gasteiger partial charge is 0.416 e. The molecule has 0 aliphatic heterocycles. The highest BCUT2D eigenvalue weighted by Gasteiger charge is 2.31. The minimum Gasteiger partial charge on any atom is -0.212 e. The maximum atomic E-state index is 12.6. The highest BCUT2D eigenvalue weighted by atomic mass is 32.2. The van der Waals surface area contributed by atoms with Gasteiger partial charge >= 0.3 is 6.18 Å². The van der Waals surface area contributed by atoms with Crippen LogP contribution in [-0.2, 0) is 22.0 Å². The highest BCUT2D eigenvalue weighted by molar-refractivity contribution is 7.99. The van der Waals surface area contributed by atoms with E-state index in [1.54, 1.807) is 12.3 Å². The number of nitrogens with zero attached hydrogens (tertiary/aromatic N) is 2. The first-order chi connectivity index (χ1) is 9.70. The average Bonchev–Trinajstić information content (AvgIpc) is 2.37. The van der Waals surface area contributed by atoms with Crippen LogP contribution in [0.2, 0.25) is 0 Å². The monoisotopic (exact) mass is 338 g/mol. The lowest BCUT2D eigenvalue weighted by atomic mass is 10.1. The number of alkyl halides is 3. The van der Waals surface area contributed by atoms with E-state index in [2.05, 4.69) is 0 Å². The molecule has 116 valence electrons. The molecule has 0 heterocycles. The van der Waals surface area contributed by atoms with E-state index in [1.807, 2.05) is 0 Å². The molecule has 21 heavy (non-hydrogen) atoms. The first kappa shape index (κ1) is 17.8. The van der Waals surface area contributed by atoms with Gasteiger partial charge in [0.25, 0.3) is 0 Å². The summed E-state index contributed by atoms with van der Waals surface area (Å²) in [6.07, 6.45) is -2.85. The van der Waals surface area contributed by atoms with Gasteiger partial charge in [-0.25, -0.2) is 8.42 Å². The molecular formula is C12H13F3N2O2S2. The maximum Gasteiger partial charge on any atom is 0.416 e. The second kappa shape index (κ2) is 7.15. The topological polar surface area (TPSA) is 61.2 Å². The van der Waals surface area contributed by atoms with E-state index in [4.69, 9.17) is 5.26 Å². The quantitative estimate of drug-likeness (QED) is 0.591. The molecular weight excluding hydrogens is 325 g/mol. The van der Waals surface area contributed by atoms with Crippen LogP contribution in [0.3, 0.4) is 0 Å². The third-order valence-corrected chi connectivity index (χ3v) is 4.99. The van der Waals surface area contributed by atoms with Gasteiger partial charge in [-0.3, -0.25) is 0 Å². The Kier molecular flexibility index (Phi) is 6.07. The zero-order chi connectivity index (χ0) is 16.1. The molecule has 0 aromatic heterocycles. The molecule has 0 aliphatic rings. The highest BCUT2D eigenvalue weighted by Crippen LogP contribution is 2.30. The van der Waals surface area contributed by atoms with Crippen LogP contribution < -0.4 is 0 Å². The number of nitriles is 1. The lowest BCUT2D eigenvalue weighted by Gasteiger charge is -2.18. The van der Waals surface area contributed by atoms with Crippen LogP contribution in [0.15, 0.2) is 24.3 Å². The Morgan fingerprint density at radius 2 is 2.05 bits per heavy atom. The second-order valence-electron chi connectivity index (χ2n) is 4.14. The van der Waals surface area contributed by atoms with Gasteiger partial charge in [-0.05, 0) is 17.9 Å². The Morgan fingerprint density at radius 1 is 1.38 bits per heavy atom. The molecule has 0 saturated carbocycles. The van der Waals surface area contributed by atoms with E-state index in [9.17, 15) is 21.6 Å². The van der Waals surface area contributed by atoms with Crippen molar-refractivity contribution in [2.45, 2.75) is 11.9 Å². The molecule has 0 spiro atoms. The summed E-state index contributed by atoms with van der Waals surface area (Å²) >= 11 is 1.21. The lowest BCUT2D eigenvalue weighted by Crippen LogP contribution is -2.32. The summed E-state index contributed by atoms with van der Waals surface area (Å²) in [5.41, 5.74) is -0.860. The molecule has 0 N–H and O–H groups in total. The lowest BCUT2D eigenvalue weighted by molar-refractivity contribution is -0.137. The molecule has 9 heteroatoms. The van der Waals surface area contributed by atoms with Crippen LogP contribution >= 0.6 is 11.8 Å². The number of thioether (sulfide) groups is 1. The fraction of sp³-hybridized carbons (Fsp3) is 0.417. The Morgan fingerprint density at radius 3 is 2.57 bits per heavy atom. The van der Waals surface area contributed by atoms with Gasteiger partial charge in [-0.2, -0.15) is 22.7 Å². The van der Waals surface area contributed by atoms with E-state index in [1.165, 1.54) is 17.8 Å². The summed E-state index contributed by atoms with van der Waals surface area (Å²) in [4.78, 5) is 0. The number of rotatable bonds is 6. The maximum absolute atomic E-state index is 12.6. The summed E-state index contributed by atoms with van der Waals surface area (Å²) in [7, 11) is -3.84. The fourth-order valence-electron chi connectivity index (χ4n) is 1.59. The van der Waals surface area contributed by atoms with Crippen molar-refractivity contribution in [3.8, 4) is 6.07 Å². The standard InChI is InChI=1S/C12H13F3N2O2S2/c1-20-9-17(6-5-16)21(18,19)8-10-3-2-4-11(7-10)12(13,14)15/h2-4,7H,6,8-9H2,1H3. The van der Waals surface area contributed by atoms with Crippen LogP contribution in [0.1, 0.15) is 11.1 Å². The van der Waals surface area contributed by atoms with E-state index in [0.717, 1.165) is 22.5 Å². The van der Waals surface area contributed by atoms with Crippen LogP contribution in [0.25, 0.3) is 0 Å². The third kappa shape index (κ3) is 5.22. The number of halogens is 3. The van der Waals surface area contributed by atoms with Crippen molar-refractivity contribution < 1.29 is 21.6 Å². The average molecular weight is 338 g/mol. The van der Waals surface area contributed by atoms with Crippen LogP contribution in [0, 0.1) is 11.3 Å². The van der Waals surface area contributed by atoms with Gasteiger partial charge in [-0.15, -0.1) is 11.8 Å². The van der Waals surface area contributed by atoms with E-state index >= 15 is 0 Å². The Labute approximate surface area is 125 Å². The Hall–Kier alpha value is -1.24. The second-order valence-corrected chi connectivity index (χ2v) is 6.94. The van der Waals surface area contributed by atoms with Crippen LogP contribution in [-0.4, -0.2) is 31.4 Å². The van der Waals surface area contributed by atoms with Gasteiger partial charge in [-0.1, -0.05) is 18.2 Å². The van der Waals surface area contributed by atoms with Crippen molar-refractivity contribution in [2.24, 2.45) is 0 Å². The number of hydrogen-bond acceptors (Lipinski definition) is 4. The summed E-state index contributed by atoms with van der Waals surface area (Å²) in [6.45, 7) is -0.331. The van der Waals surface area contributed by atoms with Crippen molar-refractivity contribution in [1.82, 2.24) is 4.31 Å². The molecule has 0 bridgehead atoms. The molecule has 0 fully saturated rings. The molecule has 1 aromatic rings. The Balaban J connectivity index is 3.01. The van der Waals surface area contributed by atoms with Gasteiger partial charge in [0.1, 0.15) is 6.54 Å². The smallest absolute Gasteiger partial charge is 0.212 e. The zero-order valence-corrected chi connectivity index (χ0v) is 12.7. The normalized spacial score (nSPS) is 12.4. The van der Waals surface area contributed by atoms with Crippen molar-refractivity contribution in [2.75, 3.05) is 18.7 Å².